The molecular weight excluding hydrogens is 320 g/mol. The molecule has 1 aromatic carbocycles. The predicted octanol–water partition coefficient (Wildman–Crippen LogP) is 4.41. The number of benzene rings is 1. The zero-order valence-electron chi connectivity index (χ0n) is 13.8. The predicted molar refractivity (Wildman–Crippen MR) is 97.7 cm³/mol. The maximum absolute atomic E-state index is 12.8. The van der Waals surface area contributed by atoms with Gasteiger partial charge < -0.3 is 10.2 Å². The lowest BCUT2D eigenvalue weighted by Crippen LogP contribution is -2.38. The van der Waals surface area contributed by atoms with E-state index in [9.17, 15) is 9.59 Å². The first kappa shape index (κ1) is 16.7. The van der Waals surface area contributed by atoms with Crippen molar-refractivity contribution in [1.29, 1.82) is 0 Å². The van der Waals surface area contributed by atoms with Crippen molar-refractivity contribution in [1.82, 2.24) is 4.90 Å². The van der Waals surface area contributed by atoms with E-state index in [1.807, 2.05) is 41.5 Å². The third kappa shape index (κ3) is 3.67. The fraction of sp³-hybridized carbons (Fsp3) is 0.368. The smallest absolute Gasteiger partial charge is 0.265 e. The van der Waals surface area contributed by atoms with Gasteiger partial charge in [-0.1, -0.05) is 25.0 Å². The van der Waals surface area contributed by atoms with Crippen molar-refractivity contribution in [3.63, 3.8) is 0 Å². The lowest BCUT2D eigenvalue weighted by Gasteiger charge is -2.28. The Balaban J connectivity index is 1.74. The van der Waals surface area contributed by atoms with Gasteiger partial charge in [-0.2, -0.15) is 0 Å². The van der Waals surface area contributed by atoms with Gasteiger partial charge in [0.25, 0.3) is 11.8 Å². The van der Waals surface area contributed by atoms with Crippen molar-refractivity contribution in [3.8, 4) is 0 Å². The molecule has 2 aromatic rings. The molecule has 0 radical (unpaired) electrons. The van der Waals surface area contributed by atoms with Gasteiger partial charge >= 0.3 is 0 Å². The summed E-state index contributed by atoms with van der Waals surface area (Å²) in [5.74, 6) is -0.0886. The molecule has 1 N–H and O–H groups in total. The molecule has 0 saturated heterocycles. The average Bonchev–Trinajstić information content (AvgIpc) is 3.29. The molecule has 1 saturated carbocycles. The standard InChI is InChI=1S/C19H22N2O2S/c1-2-21(16-9-3-4-10-16)19(23)14-7-5-8-15(13-14)20-18(22)17-11-6-12-24-17/h5-8,11-13,16H,2-4,9-10H2,1H3,(H,20,22). The van der Waals surface area contributed by atoms with Crippen molar-refractivity contribution in [3.05, 3.63) is 52.2 Å². The van der Waals surface area contributed by atoms with Crippen LogP contribution in [0.4, 0.5) is 5.69 Å². The number of carbonyl (C=O) groups excluding carboxylic acids is 2. The first-order valence-corrected chi connectivity index (χ1v) is 9.33. The number of thiophene rings is 1. The van der Waals surface area contributed by atoms with Crippen LogP contribution in [-0.2, 0) is 0 Å². The van der Waals surface area contributed by atoms with E-state index in [0.29, 0.717) is 22.2 Å². The second-order valence-electron chi connectivity index (χ2n) is 6.04. The van der Waals surface area contributed by atoms with Crippen LogP contribution in [0.15, 0.2) is 41.8 Å². The van der Waals surface area contributed by atoms with E-state index < -0.39 is 0 Å². The van der Waals surface area contributed by atoms with Crippen LogP contribution >= 0.6 is 11.3 Å². The van der Waals surface area contributed by atoms with Gasteiger partial charge in [0, 0.05) is 23.8 Å². The van der Waals surface area contributed by atoms with E-state index in [1.54, 1.807) is 12.1 Å². The Morgan fingerprint density at radius 3 is 2.67 bits per heavy atom. The molecule has 1 heterocycles. The second-order valence-corrected chi connectivity index (χ2v) is 6.99. The third-order valence-electron chi connectivity index (χ3n) is 4.48. The highest BCUT2D eigenvalue weighted by Crippen LogP contribution is 2.25. The SMILES string of the molecule is CCN(C(=O)c1cccc(NC(=O)c2cccs2)c1)C1CCCC1. The molecule has 3 rings (SSSR count). The van der Waals surface area contributed by atoms with Crippen molar-refractivity contribution in [2.45, 2.75) is 38.6 Å². The number of nitrogens with one attached hydrogen (secondary N) is 1. The molecule has 1 aliphatic rings. The van der Waals surface area contributed by atoms with Gasteiger partial charge in [0.15, 0.2) is 0 Å². The van der Waals surface area contributed by atoms with Crippen LogP contribution in [0, 0.1) is 0 Å². The number of nitrogens with zero attached hydrogens (tertiary/aromatic N) is 1. The van der Waals surface area contributed by atoms with Crippen LogP contribution in [0.25, 0.3) is 0 Å². The molecule has 2 amide bonds. The van der Waals surface area contributed by atoms with Gasteiger partial charge in [0.1, 0.15) is 0 Å². The summed E-state index contributed by atoms with van der Waals surface area (Å²) in [6.45, 7) is 2.74. The number of rotatable bonds is 5. The minimum absolute atomic E-state index is 0.0524. The molecule has 0 aliphatic heterocycles. The summed E-state index contributed by atoms with van der Waals surface area (Å²) >= 11 is 1.40. The number of hydrogen-bond acceptors (Lipinski definition) is 3. The molecule has 126 valence electrons. The van der Waals surface area contributed by atoms with Gasteiger partial charge in [0.2, 0.25) is 0 Å². The second kappa shape index (κ2) is 7.62. The minimum atomic E-state index is -0.141. The van der Waals surface area contributed by atoms with E-state index in [-0.39, 0.29) is 11.8 Å². The highest BCUT2D eigenvalue weighted by Gasteiger charge is 2.26. The van der Waals surface area contributed by atoms with Gasteiger partial charge in [-0.05, 0) is 49.4 Å². The lowest BCUT2D eigenvalue weighted by molar-refractivity contribution is 0.0693. The normalized spacial score (nSPS) is 14.5. The van der Waals surface area contributed by atoms with Crippen LogP contribution in [0.2, 0.25) is 0 Å². The molecule has 5 heteroatoms. The van der Waals surface area contributed by atoms with Gasteiger partial charge in [-0.3, -0.25) is 9.59 Å². The molecule has 1 aromatic heterocycles. The van der Waals surface area contributed by atoms with Crippen LogP contribution in [0.1, 0.15) is 52.6 Å². The topological polar surface area (TPSA) is 49.4 Å². The van der Waals surface area contributed by atoms with E-state index in [1.165, 1.54) is 24.2 Å². The average molecular weight is 342 g/mol. The molecule has 0 bridgehead atoms. The Morgan fingerprint density at radius 1 is 1.21 bits per heavy atom. The molecule has 1 fully saturated rings. The van der Waals surface area contributed by atoms with Crippen LogP contribution in [0.3, 0.4) is 0 Å². The van der Waals surface area contributed by atoms with Crippen LogP contribution in [0.5, 0.6) is 0 Å². The lowest BCUT2D eigenvalue weighted by atomic mass is 10.1. The summed E-state index contributed by atoms with van der Waals surface area (Å²) in [6, 6.07) is 11.2. The first-order chi connectivity index (χ1) is 11.7. The van der Waals surface area contributed by atoms with E-state index >= 15 is 0 Å². The van der Waals surface area contributed by atoms with Gasteiger partial charge in [-0.15, -0.1) is 11.3 Å². The molecule has 1 aliphatic carbocycles. The van der Waals surface area contributed by atoms with Crippen molar-refractivity contribution in [2.24, 2.45) is 0 Å². The number of anilines is 1. The minimum Gasteiger partial charge on any atom is -0.336 e. The van der Waals surface area contributed by atoms with Crippen LogP contribution in [-0.4, -0.2) is 29.3 Å². The summed E-state index contributed by atoms with van der Waals surface area (Å²) in [5, 5.41) is 4.74. The fourth-order valence-electron chi connectivity index (χ4n) is 3.28. The first-order valence-electron chi connectivity index (χ1n) is 8.45. The maximum Gasteiger partial charge on any atom is 0.265 e. The maximum atomic E-state index is 12.8. The van der Waals surface area contributed by atoms with E-state index in [4.69, 9.17) is 0 Å². The van der Waals surface area contributed by atoms with Crippen molar-refractivity contribution >= 4 is 28.8 Å². The fourth-order valence-corrected chi connectivity index (χ4v) is 3.90. The van der Waals surface area contributed by atoms with Gasteiger partial charge in [-0.25, -0.2) is 0 Å². The van der Waals surface area contributed by atoms with Gasteiger partial charge in [0.05, 0.1) is 4.88 Å². The summed E-state index contributed by atoms with van der Waals surface area (Å²) in [7, 11) is 0. The molecule has 0 atom stereocenters. The Hall–Kier alpha value is -2.14. The summed E-state index contributed by atoms with van der Waals surface area (Å²) in [4.78, 5) is 27.6. The Bertz CT molecular complexity index is 706. The Labute approximate surface area is 146 Å². The van der Waals surface area contributed by atoms with Crippen LogP contribution < -0.4 is 5.32 Å². The monoisotopic (exact) mass is 342 g/mol. The third-order valence-corrected chi connectivity index (χ3v) is 5.35. The molecule has 4 nitrogen and oxygen atoms in total. The highest BCUT2D eigenvalue weighted by molar-refractivity contribution is 7.12. The number of carbonyl (C=O) groups is 2. The van der Waals surface area contributed by atoms with Crippen molar-refractivity contribution < 1.29 is 9.59 Å². The summed E-state index contributed by atoms with van der Waals surface area (Å²) < 4.78 is 0. The summed E-state index contributed by atoms with van der Waals surface area (Å²) in [6.07, 6.45) is 4.58. The van der Waals surface area contributed by atoms with E-state index in [0.717, 1.165) is 19.4 Å². The van der Waals surface area contributed by atoms with E-state index in [2.05, 4.69) is 5.32 Å². The zero-order valence-corrected chi connectivity index (χ0v) is 14.6. The molecular formula is C19H22N2O2S. The largest absolute Gasteiger partial charge is 0.336 e. The molecule has 0 spiro atoms. The van der Waals surface area contributed by atoms with Crippen molar-refractivity contribution in [2.75, 3.05) is 11.9 Å². The Morgan fingerprint density at radius 2 is 2.00 bits per heavy atom. The number of hydrogen-bond donors (Lipinski definition) is 1. The number of amides is 2. The molecule has 24 heavy (non-hydrogen) atoms. The molecule has 0 unspecified atom stereocenters. The quantitative estimate of drug-likeness (QED) is 0.875. The highest BCUT2D eigenvalue weighted by atomic mass is 32.1. The zero-order chi connectivity index (χ0) is 16.9. The Kier molecular flexibility index (Phi) is 5.30. The summed E-state index contributed by atoms with van der Waals surface area (Å²) in [5.41, 5.74) is 1.29.